The van der Waals surface area contributed by atoms with Crippen LogP contribution in [0.4, 0.5) is 17.1 Å². The summed E-state index contributed by atoms with van der Waals surface area (Å²) in [7, 11) is 0. The van der Waals surface area contributed by atoms with Crippen molar-refractivity contribution in [1.82, 2.24) is 4.98 Å². The predicted molar refractivity (Wildman–Crippen MR) is 205 cm³/mol. The molecule has 0 N–H and O–H groups in total. The van der Waals surface area contributed by atoms with Crippen molar-refractivity contribution in [3.05, 3.63) is 186 Å². The Hall–Kier alpha value is -4.66. The molecule has 5 heteroatoms. The van der Waals surface area contributed by atoms with Gasteiger partial charge in [-0.2, -0.15) is 43.1 Å². The third kappa shape index (κ3) is 6.99. The van der Waals surface area contributed by atoms with E-state index in [2.05, 4.69) is 101 Å². The van der Waals surface area contributed by atoms with Crippen LogP contribution >= 0.6 is 0 Å². The molecule has 0 spiro atoms. The van der Waals surface area contributed by atoms with Gasteiger partial charge in [0.25, 0.3) is 0 Å². The SMILES string of the molecule is [2H]C([2H])([2H])N1[CH-]N(c2[c-]c(C(c3[c-]c(Oc4cc(C(C)(C)C)ccn4)ccc3)(c3ccccc3)c3ccccc3)ccc2)c2cc(C(C)(C)C)ccc21.[Pt]. The third-order valence-corrected chi connectivity index (χ3v) is 9.44. The van der Waals surface area contributed by atoms with Crippen molar-refractivity contribution in [2.45, 2.75) is 57.8 Å². The van der Waals surface area contributed by atoms with Crippen molar-refractivity contribution in [2.75, 3.05) is 16.8 Å². The van der Waals surface area contributed by atoms with E-state index in [0.717, 1.165) is 39.1 Å². The van der Waals surface area contributed by atoms with Crippen LogP contribution in [0.2, 0.25) is 0 Å². The first-order valence-corrected chi connectivity index (χ1v) is 17.0. The van der Waals surface area contributed by atoms with Crippen LogP contribution < -0.4 is 14.5 Å². The molecule has 1 aromatic heterocycles. The molecule has 1 aliphatic heterocycles. The van der Waals surface area contributed by atoms with Crippen LogP contribution in [0.15, 0.2) is 134 Å². The number of nitrogens with zero attached hydrogens (tertiary/aromatic N) is 3. The number of ether oxygens (including phenoxy) is 1. The molecular formula is C46H44N3OPt-3. The summed E-state index contributed by atoms with van der Waals surface area (Å²) in [6, 6.07) is 50.3. The van der Waals surface area contributed by atoms with Gasteiger partial charge in [0.15, 0.2) is 0 Å². The summed E-state index contributed by atoms with van der Waals surface area (Å²) < 4.78 is 31.6. The van der Waals surface area contributed by atoms with E-state index < -0.39 is 12.4 Å². The summed E-state index contributed by atoms with van der Waals surface area (Å²) in [5, 5.41) is 0. The smallest absolute Gasteiger partial charge is 0.216 e. The number of pyridine rings is 1. The fourth-order valence-electron chi connectivity index (χ4n) is 6.72. The zero-order valence-electron chi connectivity index (χ0n) is 32.8. The minimum atomic E-state index is -2.38. The van der Waals surface area contributed by atoms with Crippen LogP contribution in [-0.4, -0.2) is 12.0 Å². The maximum atomic E-state index is 8.38. The third-order valence-electron chi connectivity index (χ3n) is 9.44. The van der Waals surface area contributed by atoms with Crippen LogP contribution in [0.25, 0.3) is 0 Å². The molecule has 0 fully saturated rings. The van der Waals surface area contributed by atoms with Gasteiger partial charge in [0, 0.05) is 60.0 Å². The number of hydrogen-bond donors (Lipinski definition) is 0. The zero-order valence-corrected chi connectivity index (χ0v) is 32.1. The first-order valence-electron chi connectivity index (χ1n) is 18.5. The Kier molecular flexibility index (Phi) is 8.96. The molecule has 1 aliphatic rings. The van der Waals surface area contributed by atoms with E-state index in [1.54, 1.807) is 12.9 Å². The zero-order chi connectivity index (χ0) is 37.6. The molecule has 7 rings (SSSR count). The van der Waals surface area contributed by atoms with E-state index >= 15 is 0 Å². The van der Waals surface area contributed by atoms with Crippen LogP contribution in [-0.2, 0) is 37.3 Å². The van der Waals surface area contributed by atoms with Crippen LogP contribution in [0.1, 0.15) is 79.0 Å². The molecule has 51 heavy (non-hydrogen) atoms. The number of benzene rings is 5. The maximum absolute atomic E-state index is 8.38. The second kappa shape index (κ2) is 14.2. The summed E-state index contributed by atoms with van der Waals surface area (Å²) in [6.07, 6.45) is 1.78. The van der Waals surface area contributed by atoms with E-state index in [9.17, 15) is 0 Å². The predicted octanol–water partition coefficient (Wildman–Crippen LogP) is 11.2. The van der Waals surface area contributed by atoms with Gasteiger partial charge in [-0.3, -0.25) is 0 Å². The summed E-state index contributed by atoms with van der Waals surface area (Å²) in [5.41, 5.74) is 7.03. The summed E-state index contributed by atoms with van der Waals surface area (Å²) in [6.45, 7) is 12.3. The van der Waals surface area contributed by atoms with E-state index in [4.69, 9.17) is 8.85 Å². The van der Waals surface area contributed by atoms with Gasteiger partial charge in [0.1, 0.15) is 0 Å². The molecular weight excluding hydrogens is 806 g/mol. The molecule has 5 aromatic carbocycles. The second-order valence-corrected chi connectivity index (χ2v) is 14.9. The number of fused-ring (bicyclic) bond motifs is 1. The van der Waals surface area contributed by atoms with Gasteiger partial charge in [-0.25, -0.2) is 4.98 Å². The monoisotopic (exact) mass is 852 g/mol. The number of anilines is 3. The Labute approximate surface area is 322 Å². The molecule has 0 saturated heterocycles. The van der Waals surface area contributed by atoms with E-state index in [1.165, 1.54) is 4.90 Å². The minimum Gasteiger partial charge on any atom is -0.504 e. The molecule has 0 unspecified atom stereocenters. The fraction of sp³-hybridized carbons (Fsp3) is 0.217. The summed E-state index contributed by atoms with van der Waals surface area (Å²) in [5.74, 6) is 1.04. The van der Waals surface area contributed by atoms with Crippen LogP contribution in [0.3, 0.4) is 0 Å². The van der Waals surface area contributed by atoms with Gasteiger partial charge in [-0.1, -0.05) is 108 Å². The van der Waals surface area contributed by atoms with Crippen LogP contribution in [0.5, 0.6) is 11.6 Å². The normalized spacial score (nSPS) is 14.2. The van der Waals surface area contributed by atoms with Crippen molar-refractivity contribution in [3.63, 3.8) is 0 Å². The number of aromatic nitrogens is 1. The van der Waals surface area contributed by atoms with Crippen molar-refractivity contribution < 1.29 is 29.9 Å². The summed E-state index contributed by atoms with van der Waals surface area (Å²) in [4.78, 5) is 7.84. The van der Waals surface area contributed by atoms with Crippen molar-refractivity contribution in [3.8, 4) is 11.6 Å². The largest absolute Gasteiger partial charge is 0.504 e. The van der Waals surface area contributed by atoms with Gasteiger partial charge < -0.3 is 14.5 Å². The molecule has 0 saturated carbocycles. The molecule has 0 amide bonds. The Bertz CT molecular complexity index is 2190. The molecule has 4 nitrogen and oxygen atoms in total. The molecule has 0 atom stereocenters. The fourth-order valence-corrected chi connectivity index (χ4v) is 6.72. The number of rotatable bonds is 7. The molecule has 262 valence electrons. The molecule has 2 heterocycles. The molecule has 0 bridgehead atoms. The van der Waals surface area contributed by atoms with E-state index in [-0.39, 0.29) is 31.9 Å². The average molecular weight is 853 g/mol. The van der Waals surface area contributed by atoms with Crippen molar-refractivity contribution in [1.29, 1.82) is 0 Å². The van der Waals surface area contributed by atoms with Crippen molar-refractivity contribution in [2.24, 2.45) is 0 Å². The van der Waals surface area contributed by atoms with Gasteiger partial charge >= 0.3 is 0 Å². The Morgan fingerprint density at radius 3 is 1.86 bits per heavy atom. The first-order chi connectivity index (χ1) is 25.2. The first kappa shape index (κ1) is 32.3. The van der Waals surface area contributed by atoms with Crippen molar-refractivity contribution >= 4 is 17.1 Å². The average Bonchev–Trinajstić information content (AvgIpc) is 3.53. The Morgan fingerprint density at radius 2 is 1.24 bits per heavy atom. The van der Waals surface area contributed by atoms with Gasteiger partial charge in [-0.15, -0.1) is 28.9 Å². The minimum absolute atomic E-state index is 0. The number of hydrogen-bond acceptors (Lipinski definition) is 4. The Morgan fingerprint density at radius 1 is 0.627 bits per heavy atom. The summed E-state index contributed by atoms with van der Waals surface area (Å²) >= 11 is 0. The maximum Gasteiger partial charge on any atom is 0.216 e. The van der Waals surface area contributed by atoms with Gasteiger partial charge in [0.05, 0.1) is 0 Å². The van der Waals surface area contributed by atoms with Crippen LogP contribution in [0, 0.1) is 18.8 Å². The van der Waals surface area contributed by atoms with Gasteiger partial charge in [-0.05, 0) is 58.3 Å². The molecule has 6 aromatic rings. The quantitative estimate of drug-likeness (QED) is 0.118. The van der Waals surface area contributed by atoms with Gasteiger partial charge in [0.2, 0.25) is 5.88 Å². The molecule has 0 radical (unpaired) electrons. The molecule has 0 aliphatic carbocycles. The topological polar surface area (TPSA) is 28.6 Å². The Balaban J connectivity index is 0.00000497. The second-order valence-electron chi connectivity index (χ2n) is 14.9. The van der Waals surface area contributed by atoms with E-state index in [0.29, 0.717) is 23.0 Å². The van der Waals surface area contributed by atoms with E-state index in [1.807, 2.05) is 89.8 Å². The standard InChI is InChI=1S/C46H44N3O.Pt/c1-44(2,3)35-24-25-41-42(30-35)49(32-48(41)7)39-22-14-20-37(28-39)46(33-16-10-8-11-17-33,34-18-12-9-13-19-34)38-21-15-23-40(29-38)50-43-31-36(26-27-47-43)45(4,5)6;/h8-27,30-32H,1-7H3;/q-3;/i7D3;.